The van der Waals surface area contributed by atoms with Crippen molar-refractivity contribution < 1.29 is 9.53 Å². The number of anilines is 1. The summed E-state index contributed by atoms with van der Waals surface area (Å²) in [6.07, 6.45) is 1.76. The first-order valence-electron chi connectivity index (χ1n) is 9.22. The third-order valence-corrected chi connectivity index (χ3v) is 5.42. The number of morpholine rings is 1. The molecule has 1 unspecified atom stereocenters. The number of aromatic nitrogens is 1. The van der Waals surface area contributed by atoms with E-state index in [2.05, 4.69) is 33.5 Å². The van der Waals surface area contributed by atoms with Gasteiger partial charge in [0.15, 0.2) is 0 Å². The van der Waals surface area contributed by atoms with E-state index in [1.807, 2.05) is 0 Å². The van der Waals surface area contributed by atoms with Gasteiger partial charge >= 0.3 is 0 Å². The standard InChI is InChI=1S/C18H28ClN5O2/c1-13(2)24-7-8-26-15(12-24)11-22-3-5-23(6-4-22)18-16(19)9-14(10-21-18)17(20)25/h9-10,13,15H,3-8,11-12H2,1-2H3,(H2,20,25). The van der Waals surface area contributed by atoms with Crippen LogP contribution in [0.5, 0.6) is 0 Å². The number of hydrogen-bond acceptors (Lipinski definition) is 6. The molecule has 144 valence electrons. The van der Waals surface area contributed by atoms with E-state index in [1.54, 1.807) is 6.07 Å². The van der Waals surface area contributed by atoms with E-state index in [0.717, 1.165) is 58.2 Å². The van der Waals surface area contributed by atoms with Crippen molar-refractivity contribution in [3.05, 3.63) is 22.8 Å². The lowest BCUT2D eigenvalue weighted by Gasteiger charge is -2.40. The fourth-order valence-electron chi connectivity index (χ4n) is 3.55. The van der Waals surface area contributed by atoms with E-state index in [9.17, 15) is 4.79 Å². The van der Waals surface area contributed by atoms with E-state index < -0.39 is 5.91 Å². The Hall–Kier alpha value is -1.41. The Bertz CT molecular complexity index is 634. The summed E-state index contributed by atoms with van der Waals surface area (Å²) in [5.74, 6) is 0.204. The third kappa shape index (κ3) is 4.65. The predicted octanol–water partition coefficient (Wildman–Crippen LogP) is 1.07. The van der Waals surface area contributed by atoms with Crippen LogP contribution in [0.25, 0.3) is 0 Å². The maximum Gasteiger partial charge on any atom is 0.250 e. The lowest BCUT2D eigenvalue weighted by molar-refractivity contribution is -0.0525. The van der Waals surface area contributed by atoms with Gasteiger partial charge in [0.25, 0.3) is 0 Å². The molecule has 2 aliphatic heterocycles. The number of nitrogens with zero attached hydrogens (tertiary/aromatic N) is 4. The van der Waals surface area contributed by atoms with Gasteiger partial charge < -0.3 is 15.4 Å². The first kappa shape index (κ1) is 19.4. The van der Waals surface area contributed by atoms with Crippen LogP contribution in [-0.4, -0.2) is 85.3 Å². The molecule has 3 rings (SSSR count). The number of halogens is 1. The molecule has 1 amide bonds. The molecule has 0 aliphatic carbocycles. The number of piperazine rings is 1. The quantitative estimate of drug-likeness (QED) is 0.822. The Kier molecular flexibility index (Phi) is 6.34. The fraction of sp³-hybridized carbons (Fsp3) is 0.667. The van der Waals surface area contributed by atoms with Crippen LogP contribution in [0.4, 0.5) is 5.82 Å². The summed E-state index contributed by atoms with van der Waals surface area (Å²) in [5, 5.41) is 0.470. The fourth-order valence-corrected chi connectivity index (χ4v) is 3.84. The second kappa shape index (κ2) is 8.52. The monoisotopic (exact) mass is 381 g/mol. The molecule has 3 heterocycles. The first-order chi connectivity index (χ1) is 12.4. The van der Waals surface area contributed by atoms with Crippen LogP contribution in [0.2, 0.25) is 5.02 Å². The van der Waals surface area contributed by atoms with Gasteiger partial charge in [-0.2, -0.15) is 0 Å². The number of rotatable bonds is 5. The van der Waals surface area contributed by atoms with E-state index in [4.69, 9.17) is 22.1 Å². The zero-order valence-corrected chi connectivity index (χ0v) is 16.3. The molecule has 2 saturated heterocycles. The Morgan fingerprint density at radius 3 is 2.69 bits per heavy atom. The molecule has 0 aromatic carbocycles. The van der Waals surface area contributed by atoms with Crippen LogP contribution in [0.15, 0.2) is 12.3 Å². The Morgan fingerprint density at radius 2 is 2.08 bits per heavy atom. The molecule has 2 N–H and O–H groups in total. The van der Waals surface area contributed by atoms with Crippen LogP contribution in [0.3, 0.4) is 0 Å². The average molecular weight is 382 g/mol. The maximum atomic E-state index is 11.2. The summed E-state index contributed by atoms with van der Waals surface area (Å²) in [5.41, 5.74) is 5.61. The molecule has 1 aromatic rings. The molecule has 1 aromatic heterocycles. The van der Waals surface area contributed by atoms with Crippen LogP contribution in [0, 0.1) is 0 Å². The van der Waals surface area contributed by atoms with Crippen molar-refractivity contribution in [3.63, 3.8) is 0 Å². The summed E-state index contributed by atoms with van der Waals surface area (Å²) < 4.78 is 5.95. The van der Waals surface area contributed by atoms with Crippen LogP contribution in [0.1, 0.15) is 24.2 Å². The highest BCUT2D eigenvalue weighted by Crippen LogP contribution is 2.25. The summed E-state index contributed by atoms with van der Waals surface area (Å²) in [7, 11) is 0. The van der Waals surface area contributed by atoms with Crippen LogP contribution >= 0.6 is 11.6 Å². The Morgan fingerprint density at radius 1 is 1.35 bits per heavy atom. The minimum Gasteiger partial charge on any atom is -0.374 e. The van der Waals surface area contributed by atoms with Gasteiger partial charge in [0, 0.05) is 58.1 Å². The van der Waals surface area contributed by atoms with Crippen molar-refractivity contribution in [3.8, 4) is 0 Å². The molecule has 2 fully saturated rings. The highest BCUT2D eigenvalue weighted by Gasteiger charge is 2.26. The Labute approximate surface area is 160 Å². The third-order valence-electron chi connectivity index (χ3n) is 5.14. The van der Waals surface area contributed by atoms with Crippen LogP contribution in [-0.2, 0) is 4.74 Å². The van der Waals surface area contributed by atoms with Crippen molar-refractivity contribution in [2.45, 2.75) is 26.0 Å². The van der Waals surface area contributed by atoms with Crippen molar-refractivity contribution >= 4 is 23.3 Å². The molecule has 2 aliphatic rings. The summed E-state index contributed by atoms with van der Waals surface area (Å²) in [6, 6.07) is 2.16. The maximum absolute atomic E-state index is 11.2. The number of ether oxygens (including phenoxy) is 1. The summed E-state index contributed by atoms with van der Waals surface area (Å²) in [4.78, 5) is 22.6. The number of carbonyl (C=O) groups excluding carboxylic acids is 1. The molecule has 26 heavy (non-hydrogen) atoms. The SMILES string of the molecule is CC(C)N1CCOC(CN2CCN(c3ncc(C(N)=O)cc3Cl)CC2)C1. The minimum absolute atomic E-state index is 0.272. The van der Waals surface area contributed by atoms with Crippen molar-refractivity contribution in [2.24, 2.45) is 5.73 Å². The number of primary amides is 1. The number of nitrogens with two attached hydrogens (primary N) is 1. The minimum atomic E-state index is -0.515. The molecule has 0 spiro atoms. The van der Waals surface area contributed by atoms with Gasteiger partial charge in [0.2, 0.25) is 5.91 Å². The van der Waals surface area contributed by atoms with E-state index in [0.29, 0.717) is 16.6 Å². The molecular weight excluding hydrogens is 354 g/mol. The van der Waals surface area contributed by atoms with Crippen molar-refractivity contribution in [1.29, 1.82) is 0 Å². The predicted molar refractivity (Wildman–Crippen MR) is 103 cm³/mol. The van der Waals surface area contributed by atoms with Crippen LogP contribution < -0.4 is 10.6 Å². The lowest BCUT2D eigenvalue weighted by atomic mass is 10.2. The molecule has 0 radical (unpaired) electrons. The highest BCUT2D eigenvalue weighted by molar-refractivity contribution is 6.33. The normalized spacial score (nSPS) is 22.8. The molecule has 0 saturated carbocycles. The largest absolute Gasteiger partial charge is 0.374 e. The van der Waals surface area contributed by atoms with Crippen molar-refractivity contribution in [2.75, 3.05) is 57.3 Å². The second-order valence-corrected chi connectivity index (χ2v) is 7.67. The van der Waals surface area contributed by atoms with Gasteiger partial charge in [-0.1, -0.05) is 11.6 Å². The van der Waals surface area contributed by atoms with Gasteiger partial charge in [-0.05, 0) is 19.9 Å². The number of carbonyl (C=O) groups is 1. The molecular formula is C18H28ClN5O2. The summed E-state index contributed by atoms with van der Waals surface area (Å²) in [6.45, 7) is 11.9. The highest BCUT2D eigenvalue weighted by atomic mass is 35.5. The van der Waals surface area contributed by atoms with Gasteiger partial charge in [-0.15, -0.1) is 0 Å². The topological polar surface area (TPSA) is 74.9 Å². The smallest absolute Gasteiger partial charge is 0.250 e. The van der Waals surface area contributed by atoms with E-state index >= 15 is 0 Å². The number of hydrogen-bond donors (Lipinski definition) is 1. The zero-order valence-electron chi connectivity index (χ0n) is 15.5. The number of pyridine rings is 1. The first-order valence-corrected chi connectivity index (χ1v) is 9.60. The zero-order chi connectivity index (χ0) is 18.7. The molecule has 0 bridgehead atoms. The van der Waals surface area contributed by atoms with Crippen molar-refractivity contribution in [1.82, 2.24) is 14.8 Å². The lowest BCUT2D eigenvalue weighted by Crippen LogP contribution is -2.53. The summed E-state index contributed by atoms with van der Waals surface area (Å²) >= 11 is 6.29. The van der Waals surface area contributed by atoms with Gasteiger partial charge in [-0.25, -0.2) is 4.98 Å². The van der Waals surface area contributed by atoms with Gasteiger partial charge in [-0.3, -0.25) is 14.6 Å². The Balaban J connectivity index is 1.52. The van der Waals surface area contributed by atoms with E-state index in [-0.39, 0.29) is 6.10 Å². The molecule has 1 atom stereocenters. The van der Waals surface area contributed by atoms with Gasteiger partial charge in [0.1, 0.15) is 5.82 Å². The molecule has 8 heteroatoms. The second-order valence-electron chi connectivity index (χ2n) is 7.26. The average Bonchev–Trinajstić information content (AvgIpc) is 2.62. The van der Waals surface area contributed by atoms with Gasteiger partial charge in [0.05, 0.1) is 23.3 Å². The molecule has 7 nitrogen and oxygen atoms in total. The van der Waals surface area contributed by atoms with E-state index in [1.165, 1.54) is 6.20 Å². The number of amides is 1.